The largest absolute Gasteiger partial charge is 0.507 e. The first kappa shape index (κ1) is 25.3. The van der Waals surface area contributed by atoms with Crippen molar-refractivity contribution in [3.05, 3.63) is 125 Å². The van der Waals surface area contributed by atoms with E-state index in [-0.39, 0.29) is 11.3 Å². The molecule has 8 heteroatoms. The standard InChI is InChI=1S/C32H24N2O5S/c1-38-23-15-16-25-26(18-23)40-32(33-25)34-28(27(30(36)31(34)37)29(35)21-11-6-3-7-12-21)22-13-8-14-24(17-22)39-19-20-9-4-2-5-10-20/h2-18,28,35H,19H2,1H3. The van der Waals surface area contributed by atoms with Gasteiger partial charge in [0.2, 0.25) is 0 Å². The number of amides is 1. The Balaban J connectivity index is 1.47. The molecule has 4 aromatic carbocycles. The first-order chi connectivity index (χ1) is 19.5. The highest BCUT2D eigenvalue weighted by Crippen LogP contribution is 2.45. The number of thiazole rings is 1. The van der Waals surface area contributed by atoms with Crippen LogP contribution in [0, 0.1) is 0 Å². The summed E-state index contributed by atoms with van der Waals surface area (Å²) in [6.45, 7) is 0.355. The molecule has 2 heterocycles. The number of methoxy groups -OCH3 is 1. The fourth-order valence-electron chi connectivity index (χ4n) is 4.73. The lowest BCUT2D eigenvalue weighted by Gasteiger charge is -2.23. The molecule has 7 nitrogen and oxygen atoms in total. The molecule has 5 aromatic rings. The predicted octanol–water partition coefficient (Wildman–Crippen LogP) is 6.51. The van der Waals surface area contributed by atoms with Crippen LogP contribution in [0.5, 0.6) is 11.5 Å². The molecule has 1 unspecified atom stereocenters. The van der Waals surface area contributed by atoms with Gasteiger partial charge >= 0.3 is 5.91 Å². The van der Waals surface area contributed by atoms with E-state index in [9.17, 15) is 14.7 Å². The third-order valence-electron chi connectivity index (χ3n) is 6.70. The Morgan fingerprint density at radius 3 is 2.40 bits per heavy atom. The summed E-state index contributed by atoms with van der Waals surface area (Å²) in [6.07, 6.45) is 0. The van der Waals surface area contributed by atoms with Crippen LogP contribution in [-0.4, -0.2) is 28.9 Å². The van der Waals surface area contributed by atoms with Gasteiger partial charge in [-0.05, 0) is 41.5 Å². The minimum Gasteiger partial charge on any atom is -0.507 e. The molecule has 1 N–H and O–H groups in total. The molecule has 1 fully saturated rings. The van der Waals surface area contributed by atoms with Gasteiger partial charge < -0.3 is 14.6 Å². The lowest BCUT2D eigenvalue weighted by molar-refractivity contribution is -0.132. The number of fused-ring (bicyclic) bond motifs is 1. The summed E-state index contributed by atoms with van der Waals surface area (Å²) in [5.41, 5.74) is 2.72. The van der Waals surface area contributed by atoms with Crippen LogP contribution in [0.3, 0.4) is 0 Å². The van der Waals surface area contributed by atoms with Crippen LogP contribution in [0.2, 0.25) is 0 Å². The number of nitrogens with zero attached hydrogens (tertiary/aromatic N) is 2. The third-order valence-corrected chi connectivity index (χ3v) is 7.72. The molecule has 0 saturated carbocycles. The van der Waals surface area contributed by atoms with E-state index in [1.54, 1.807) is 43.5 Å². The molecule has 198 valence electrons. The Labute approximate surface area is 234 Å². The zero-order valence-electron chi connectivity index (χ0n) is 21.5. The number of ether oxygens (including phenoxy) is 2. The van der Waals surface area contributed by atoms with Crippen LogP contribution >= 0.6 is 11.3 Å². The van der Waals surface area contributed by atoms with Crippen molar-refractivity contribution in [2.75, 3.05) is 12.0 Å². The third kappa shape index (κ3) is 4.69. The highest BCUT2D eigenvalue weighted by atomic mass is 32.1. The van der Waals surface area contributed by atoms with E-state index in [0.29, 0.717) is 39.9 Å². The maximum absolute atomic E-state index is 13.6. The van der Waals surface area contributed by atoms with Crippen LogP contribution in [0.1, 0.15) is 22.7 Å². The van der Waals surface area contributed by atoms with Gasteiger partial charge in [0.1, 0.15) is 23.9 Å². The fraction of sp³-hybridized carbons (Fsp3) is 0.0938. The summed E-state index contributed by atoms with van der Waals surface area (Å²) in [6, 6.07) is 30.3. The van der Waals surface area contributed by atoms with Crippen LogP contribution in [0.25, 0.3) is 16.0 Å². The van der Waals surface area contributed by atoms with Crippen molar-refractivity contribution in [1.82, 2.24) is 4.98 Å². The van der Waals surface area contributed by atoms with Gasteiger partial charge in [-0.25, -0.2) is 4.98 Å². The van der Waals surface area contributed by atoms with Gasteiger partial charge in [-0.1, -0.05) is 84.1 Å². The van der Waals surface area contributed by atoms with Crippen molar-refractivity contribution in [3.8, 4) is 11.5 Å². The molecule has 0 aliphatic carbocycles. The molecule has 1 aliphatic rings. The van der Waals surface area contributed by atoms with E-state index >= 15 is 0 Å². The number of aliphatic hydroxyl groups is 1. The zero-order valence-corrected chi connectivity index (χ0v) is 22.3. The lowest BCUT2D eigenvalue weighted by atomic mass is 9.95. The number of anilines is 1. The van der Waals surface area contributed by atoms with Gasteiger partial charge in [0, 0.05) is 5.56 Å². The molecule has 1 saturated heterocycles. The second-order valence-corrected chi connectivity index (χ2v) is 10.2. The van der Waals surface area contributed by atoms with Crippen LogP contribution in [-0.2, 0) is 16.2 Å². The monoisotopic (exact) mass is 548 g/mol. The Kier molecular flexibility index (Phi) is 6.76. The van der Waals surface area contributed by atoms with Gasteiger partial charge in [0.25, 0.3) is 5.78 Å². The summed E-state index contributed by atoms with van der Waals surface area (Å²) >= 11 is 1.28. The van der Waals surface area contributed by atoms with E-state index in [1.807, 2.05) is 66.7 Å². The second-order valence-electron chi connectivity index (χ2n) is 9.21. The highest BCUT2D eigenvalue weighted by molar-refractivity contribution is 7.22. The number of carbonyl (C=O) groups is 2. The Morgan fingerprint density at radius 2 is 1.65 bits per heavy atom. The predicted molar refractivity (Wildman–Crippen MR) is 155 cm³/mol. The van der Waals surface area contributed by atoms with E-state index in [1.165, 1.54) is 16.2 Å². The number of Topliss-reactive ketones (excluding diaryl/α,β-unsaturated/α-hetero) is 1. The number of hydrogen-bond donors (Lipinski definition) is 1. The normalized spacial score (nSPS) is 16.4. The maximum atomic E-state index is 13.6. The number of aliphatic hydroxyl groups excluding tert-OH is 1. The number of hydrogen-bond acceptors (Lipinski definition) is 7. The summed E-state index contributed by atoms with van der Waals surface area (Å²) in [5, 5.41) is 11.7. The van der Waals surface area contributed by atoms with Crippen LogP contribution in [0.4, 0.5) is 5.13 Å². The van der Waals surface area contributed by atoms with E-state index < -0.39 is 17.7 Å². The van der Waals surface area contributed by atoms with Gasteiger partial charge in [0.05, 0.1) is 28.9 Å². The SMILES string of the molecule is COc1ccc2nc(N3C(=O)C(=O)C(=C(O)c4ccccc4)C3c3cccc(OCc4ccccc4)c3)sc2c1. The first-order valence-corrected chi connectivity index (χ1v) is 13.4. The van der Waals surface area contributed by atoms with Crippen molar-refractivity contribution < 1.29 is 24.2 Å². The lowest BCUT2D eigenvalue weighted by Crippen LogP contribution is -2.29. The van der Waals surface area contributed by atoms with Gasteiger partial charge in [0.15, 0.2) is 5.13 Å². The van der Waals surface area contributed by atoms with E-state index in [0.717, 1.165) is 10.3 Å². The minimum atomic E-state index is -0.914. The Bertz CT molecular complexity index is 1750. The minimum absolute atomic E-state index is 0.00625. The smallest absolute Gasteiger partial charge is 0.301 e. The first-order valence-electron chi connectivity index (χ1n) is 12.6. The van der Waals surface area contributed by atoms with Crippen LogP contribution in [0.15, 0.2) is 109 Å². The summed E-state index contributed by atoms with van der Waals surface area (Å²) < 4.78 is 12.2. The topological polar surface area (TPSA) is 89.0 Å². The molecular weight excluding hydrogens is 524 g/mol. The zero-order chi connectivity index (χ0) is 27.6. The van der Waals surface area contributed by atoms with Gasteiger partial charge in [-0.15, -0.1) is 0 Å². The van der Waals surface area contributed by atoms with Crippen molar-refractivity contribution in [2.45, 2.75) is 12.6 Å². The number of benzene rings is 4. The Morgan fingerprint density at radius 1 is 0.900 bits per heavy atom. The molecule has 0 radical (unpaired) electrons. The number of rotatable bonds is 7. The number of aromatic nitrogens is 1. The van der Waals surface area contributed by atoms with E-state index in [4.69, 9.17) is 9.47 Å². The van der Waals surface area contributed by atoms with Crippen LogP contribution < -0.4 is 14.4 Å². The molecule has 6 rings (SSSR count). The van der Waals surface area contributed by atoms with Crippen molar-refractivity contribution in [2.24, 2.45) is 0 Å². The Hall–Kier alpha value is -4.95. The van der Waals surface area contributed by atoms with Crippen molar-refractivity contribution in [1.29, 1.82) is 0 Å². The fourth-order valence-corrected chi connectivity index (χ4v) is 5.76. The average Bonchev–Trinajstić information content (AvgIpc) is 3.54. The molecular formula is C32H24N2O5S. The number of carbonyl (C=O) groups excluding carboxylic acids is 2. The van der Waals surface area contributed by atoms with Crippen molar-refractivity contribution in [3.63, 3.8) is 0 Å². The molecule has 1 atom stereocenters. The summed E-state index contributed by atoms with van der Waals surface area (Å²) in [5.74, 6) is -0.554. The van der Waals surface area contributed by atoms with Crippen molar-refractivity contribution >= 4 is 44.1 Å². The molecule has 0 bridgehead atoms. The molecule has 40 heavy (non-hydrogen) atoms. The van der Waals surface area contributed by atoms with E-state index in [2.05, 4.69) is 4.98 Å². The molecule has 1 aliphatic heterocycles. The summed E-state index contributed by atoms with van der Waals surface area (Å²) in [7, 11) is 1.58. The molecule has 0 spiro atoms. The number of ketones is 1. The maximum Gasteiger partial charge on any atom is 0.301 e. The highest BCUT2D eigenvalue weighted by Gasteiger charge is 2.48. The molecule has 1 aromatic heterocycles. The second kappa shape index (κ2) is 10.7. The molecule has 1 amide bonds. The van der Waals surface area contributed by atoms with Gasteiger partial charge in [-0.2, -0.15) is 0 Å². The quantitative estimate of drug-likeness (QED) is 0.142. The van der Waals surface area contributed by atoms with Gasteiger partial charge in [-0.3, -0.25) is 14.5 Å². The average molecular weight is 549 g/mol. The summed E-state index contributed by atoms with van der Waals surface area (Å²) in [4.78, 5) is 33.1.